The van der Waals surface area contributed by atoms with Gasteiger partial charge >= 0.3 is 5.97 Å². The van der Waals surface area contributed by atoms with Crippen molar-refractivity contribution in [3.05, 3.63) is 11.1 Å². The predicted octanol–water partition coefficient (Wildman–Crippen LogP) is 3.54. The third kappa shape index (κ3) is 4.49. The van der Waals surface area contributed by atoms with Crippen LogP contribution in [-0.2, 0) is 11.2 Å². The van der Waals surface area contributed by atoms with Crippen LogP contribution in [0.5, 0.6) is 0 Å². The van der Waals surface area contributed by atoms with E-state index in [9.17, 15) is 4.79 Å². The van der Waals surface area contributed by atoms with Gasteiger partial charge in [0.05, 0.1) is 12.1 Å². The van der Waals surface area contributed by atoms with E-state index in [1.165, 1.54) is 32.1 Å². The average Bonchev–Trinajstić information content (AvgIpc) is 2.84. The minimum atomic E-state index is -0.763. The van der Waals surface area contributed by atoms with E-state index in [1.54, 1.807) is 11.3 Å². The quantitative estimate of drug-likeness (QED) is 0.837. The first-order chi connectivity index (χ1) is 9.17. The summed E-state index contributed by atoms with van der Waals surface area (Å²) in [6.45, 7) is 2.26. The number of carboxylic acid groups (broad SMARTS) is 1. The summed E-state index contributed by atoms with van der Waals surface area (Å²) in [7, 11) is 0. The van der Waals surface area contributed by atoms with Gasteiger partial charge in [-0.2, -0.15) is 0 Å². The molecule has 1 heterocycles. The van der Waals surface area contributed by atoms with Gasteiger partial charge < -0.3 is 10.4 Å². The Morgan fingerprint density at radius 1 is 1.58 bits per heavy atom. The van der Waals surface area contributed by atoms with Gasteiger partial charge in [-0.1, -0.05) is 26.2 Å². The van der Waals surface area contributed by atoms with Gasteiger partial charge in [0.15, 0.2) is 5.13 Å². The Morgan fingerprint density at radius 3 is 3.16 bits per heavy atom. The molecule has 0 aromatic carbocycles. The van der Waals surface area contributed by atoms with Crippen LogP contribution in [0.3, 0.4) is 0 Å². The third-order valence-electron chi connectivity index (χ3n) is 3.83. The van der Waals surface area contributed by atoms with Crippen LogP contribution in [0.1, 0.15) is 51.1 Å². The number of carbonyl (C=O) groups is 1. The Morgan fingerprint density at radius 2 is 2.42 bits per heavy atom. The van der Waals surface area contributed by atoms with E-state index in [0.29, 0.717) is 12.5 Å². The van der Waals surface area contributed by atoms with Crippen molar-refractivity contribution in [3.63, 3.8) is 0 Å². The van der Waals surface area contributed by atoms with Crippen LogP contribution in [0, 0.1) is 5.92 Å². The molecule has 0 bridgehead atoms. The molecule has 0 amide bonds. The molecule has 0 radical (unpaired) electrons. The molecular weight excluding hydrogens is 260 g/mol. The predicted molar refractivity (Wildman–Crippen MR) is 77.7 cm³/mol. The molecule has 1 aromatic heterocycles. The summed E-state index contributed by atoms with van der Waals surface area (Å²) in [4.78, 5) is 15.0. The number of aromatic nitrogens is 1. The van der Waals surface area contributed by atoms with Crippen LogP contribution in [-0.4, -0.2) is 22.1 Å². The molecule has 1 fully saturated rings. The maximum absolute atomic E-state index is 10.5. The molecule has 2 N–H and O–H groups in total. The van der Waals surface area contributed by atoms with Crippen LogP contribution in [0.4, 0.5) is 5.13 Å². The Hall–Kier alpha value is -1.10. The minimum Gasteiger partial charge on any atom is -0.481 e. The molecule has 4 nitrogen and oxygen atoms in total. The van der Waals surface area contributed by atoms with Crippen molar-refractivity contribution in [1.82, 2.24) is 4.98 Å². The lowest BCUT2D eigenvalue weighted by Crippen LogP contribution is -2.27. The average molecular weight is 282 g/mol. The molecule has 1 aliphatic carbocycles. The van der Waals surface area contributed by atoms with Crippen LogP contribution in [0.2, 0.25) is 0 Å². The number of anilines is 1. The van der Waals surface area contributed by atoms with Gasteiger partial charge in [0.1, 0.15) is 0 Å². The first-order valence-electron chi connectivity index (χ1n) is 7.10. The van der Waals surface area contributed by atoms with E-state index < -0.39 is 5.97 Å². The first kappa shape index (κ1) is 14.3. The third-order valence-corrected chi connectivity index (χ3v) is 4.66. The zero-order chi connectivity index (χ0) is 13.7. The van der Waals surface area contributed by atoms with Crippen molar-refractivity contribution in [1.29, 1.82) is 0 Å². The van der Waals surface area contributed by atoms with Crippen LogP contribution < -0.4 is 5.32 Å². The largest absolute Gasteiger partial charge is 0.481 e. The number of rotatable bonds is 6. The molecule has 19 heavy (non-hydrogen) atoms. The van der Waals surface area contributed by atoms with Gasteiger partial charge in [-0.3, -0.25) is 4.79 Å². The molecule has 0 saturated heterocycles. The van der Waals surface area contributed by atoms with Crippen molar-refractivity contribution in [2.45, 2.75) is 57.9 Å². The van der Waals surface area contributed by atoms with E-state index in [2.05, 4.69) is 17.2 Å². The summed E-state index contributed by atoms with van der Waals surface area (Å²) < 4.78 is 0. The lowest BCUT2D eigenvalue weighted by molar-refractivity contribution is -0.136. The number of carboxylic acids is 1. The standard InChI is InChI=1S/C14H22N2O2S/c1-2-10-4-3-5-11(8-10)15-14-16-12(9-19-14)6-7-13(17)18/h9-11H,2-8H2,1H3,(H,15,16)(H,17,18). The summed E-state index contributed by atoms with van der Waals surface area (Å²) >= 11 is 1.59. The second-order valence-electron chi connectivity index (χ2n) is 5.32. The van der Waals surface area contributed by atoms with Gasteiger partial charge in [-0.15, -0.1) is 11.3 Å². The van der Waals surface area contributed by atoms with Gasteiger partial charge in [-0.25, -0.2) is 4.98 Å². The van der Waals surface area contributed by atoms with Crippen LogP contribution >= 0.6 is 11.3 Å². The highest BCUT2D eigenvalue weighted by molar-refractivity contribution is 7.13. The molecule has 2 atom stereocenters. The molecule has 5 heteroatoms. The normalized spacial score (nSPS) is 23.2. The maximum Gasteiger partial charge on any atom is 0.303 e. The highest BCUT2D eigenvalue weighted by Gasteiger charge is 2.21. The highest BCUT2D eigenvalue weighted by Crippen LogP contribution is 2.29. The number of nitrogens with zero attached hydrogens (tertiary/aromatic N) is 1. The summed E-state index contributed by atoms with van der Waals surface area (Å²) in [5, 5.41) is 15.1. The second-order valence-corrected chi connectivity index (χ2v) is 6.18. The monoisotopic (exact) mass is 282 g/mol. The van der Waals surface area contributed by atoms with Crippen molar-refractivity contribution >= 4 is 22.4 Å². The zero-order valence-electron chi connectivity index (χ0n) is 11.4. The molecule has 106 valence electrons. The van der Waals surface area contributed by atoms with E-state index in [1.807, 2.05) is 5.38 Å². The second kappa shape index (κ2) is 6.89. The molecule has 0 aliphatic heterocycles. The fourth-order valence-corrected chi connectivity index (χ4v) is 3.51. The number of thiazole rings is 1. The summed E-state index contributed by atoms with van der Waals surface area (Å²) in [5.41, 5.74) is 0.887. The Bertz CT molecular complexity index is 419. The van der Waals surface area contributed by atoms with Crippen molar-refractivity contribution in [3.8, 4) is 0 Å². The summed E-state index contributed by atoms with van der Waals surface area (Å²) in [5.74, 6) is 0.0817. The van der Waals surface area contributed by atoms with Gasteiger partial charge in [0.2, 0.25) is 0 Å². The van der Waals surface area contributed by atoms with Crippen LogP contribution in [0.15, 0.2) is 5.38 Å². The Labute approximate surface area is 118 Å². The van der Waals surface area contributed by atoms with Crippen LogP contribution in [0.25, 0.3) is 0 Å². The summed E-state index contributed by atoms with van der Waals surface area (Å²) in [6.07, 6.45) is 7.06. The van der Waals surface area contributed by atoms with Gasteiger partial charge in [0.25, 0.3) is 0 Å². The van der Waals surface area contributed by atoms with Gasteiger partial charge in [0, 0.05) is 17.8 Å². The number of hydrogen-bond acceptors (Lipinski definition) is 4. The lowest BCUT2D eigenvalue weighted by Gasteiger charge is -2.28. The van der Waals surface area contributed by atoms with E-state index >= 15 is 0 Å². The lowest BCUT2D eigenvalue weighted by atomic mass is 9.84. The highest BCUT2D eigenvalue weighted by atomic mass is 32.1. The molecule has 2 unspecified atom stereocenters. The topological polar surface area (TPSA) is 62.2 Å². The molecule has 0 spiro atoms. The van der Waals surface area contributed by atoms with E-state index in [4.69, 9.17) is 5.11 Å². The van der Waals surface area contributed by atoms with Crippen molar-refractivity contribution in [2.75, 3.05) is 5.32 Å². The number of aliphatic carboxylic acids is 1. The minimum absolute atomic E-state index is 0.157. The van der Waals surface area contributed by atoms with E-state index in [-0.39, 0.29) is 6.42 Å². The number of nitrogens with one attached hydrogen (secondary N) is 1. The number of aryl methyl sites for hydroxylation is 1. The molecule has 1 aromatic rings. The maximum atomic E-state index is 10.5. The zero-order valence-corrected chi connectivity index (χ0v) is 12.2. The molecule has 1 aliphatic rings. The molecule has 1 saturated carbocycles. The number of hydrogen-bond donors (Lipinski definition) is 2. The Kier molecular flexibility index (Phi) is 5.19. The van der Waals surface area contributed by atoms with Gasteiger partial charge in [-0.05, 0) is 18.8 Å². The van der Waals surface area contributed by atoms with E-state index in [0.717, 1.165) is 16.7 Å². The fraction of sp³-hybridized carbons (Fsp3) is 0.714. The summed E-state index contributed by atoms with van der Waals surface area (Å²) in [6, 6.07) is 0.539. The van der Waals surface area contributed by atoms with Crippen molar-refractivity contribution < 1.29 is 9.90 Å². The smallest absolute Gasteiger partial charge is 0.303 e. The first-order valence-corrected chi connectivity index (χ1v) is 7.98. The SMILES string of the molecule is CCC1CCCC(Nc2nc(CCC(=O)O)cs2)C1. The molecule has 2 rings (SSSR count). The fourth-order valence-electron chi connectivity index (χ4n) is 2.69. The van der Waals surface area contributed by atoms with Crippen molar-refractivity contribution in [2.24, 2.45) is 5.92 Å². The molecular formula is C14H22N2O2S. The Balaban J connectivity index is 1.83.